The molecular weight excluding hydrogens is 440 g/mol. The zero-order chi connectivity index (χ0) is 24.0. The van der Waals surface area contributed by atoms with Crippen molar-refractivity contribution >= 4 is 27.8 Å². The van der Waals surface area contributed by atoms with E-state index in [-0.39, 0.29) is 21.8 Å². The van der Waals surface area contributed by atoms with Crippen molar-refractivity contribution in [2.75, 3.05) is 12.4 Å². The van der Waals surface area contributed by atoms with Crippen molar-refractivity contribution in [1.82, 2.24) is 0 Å². The molecule has 3 aromatic rings. The van der Waals surface area contributed by atoms with Gasteiger partial charge in [0.25, 0.3) is 5.91 Å². The molecule has 8 heteroatoms. The molecule has 7 nitrogen and oxygen atoms in total. The molecule has 168 valence electrons. The predicted molar refractivity (Wildman–Crippen MR) is 125 cm³/mol. The Bertz CT molecular complexity index is 1340. The van der Waals surface area contributed by atoms with E-state index >= 15 is 0 Å². The van der Waals surface area contributed by atoms with Gasteiger partial charge in [0.1, 0.15) is 22.3 Å². The van der Waals surface area contributed by atoms with E-state index < -0.39 is 16.0 Å². The predicted octanol–water partition coefficient (Wildman–Crippen LogP) is 4.63. The maximum absolute atomic E-state index is 12.8. The van der Waals surface area contributed by atoms with Crippen molar-refractivity contribution in [3.63, 3.8) is 0 Å². The van der Waals surface area contributed by atoms with Gasteiger partial charge in [-0.15, -0.1) is 0 Å². The molecular formula is C25H22N2O5S. The molecule has 0 aliphatic heterocycles. The lowest BCUT2D eigenvalue weighted by Gasteiger charge is -2.12. The van der Waals surface area contributed by atoms with E-state index in [1.807, 2.05) is 32.0 Å². The van der Waals surface area contributed by atoms with E-state index in [9.17, 15) is 18.5 Å². The zero-order valence-electron chi connectivity index (χ0n) is 18.3. The van der Waals surface area contributed by atoms with Gasteiger partial charge in [-0.2, -0.15) is 13.7 Å². The van der Waals surface area contributed by atoms with Gasteiger partial charge in [-0.05, 0) is 56.3 Å². The number of carbonyl (C=O) groups is 1. The lowest BCUT2D eigenvalue weighted by Crippen LogP contribution is -2.14. The third kappa shape index (κ3) is 5.99. The molecule has 0 saturated heterocycles. The number of methoxy groups -OCH3 is 1. The van der Waals surface area contributed by atoms with Crippen LogP contribution in [0.2, 0.25) is 0 Å². The number of benzene rings is 3. The van der Waals surface area contributed by atoms with Gasteiger partial charge in [0.2, 0.25) is 0 Å². The third-order valence-corrected chi connectivity index (χ3v) is 5.95. The molecule has 0 heterocycles. The van der Waals surface area contributed by atoms with Crippen LogP contribution in [0.5, 0.6) is 11.5 Å². The van der Waals surface area contributed by atoms with Crippen LogP contribution in [-0.4, -0.2) is 21.4 Å². The topological polar surface area (TPSA) is 105 Å². The van der Waals surface area contributed by atoms with Gasteiger partial charge in [-0.3, -0.25) is 4.79 Å². The minimum Gasteiger partial charge on any atom is -0.497 e. The molecule has 0 unspecified atom stereocenters. The summed E-state index contributed by atoms with van der Waals surface area (Å²) in [4.78, 5) is 12.6. The molecule has 0 saturated carbocycles. The normalized spacial score (nSPS) is 11.4. The van der Waals surface area contributed by atoms with Gasteiger partial charge < -0.3 is 14.2 Å². The third-order valence-electron chi connectivity index (χ3n) is 4.70. The number of nitriles is 1. The molecule has 0 radical (unpaired) electrons. The number of anilines is 1. The Morgan fingerprint density at radius 3 is 2.15 bits per heavy atom. The summed E-state index contributed by atoms with van der Waals surface area (Å²) in [5, 5.41) is 12.2. The molecule has 0 bridgehead atoms. The summed E-state index contributed by atoms with van der Waals surface area (Å²) in [7, 11) is -2.73. The molecule has 0 aliphatic rings. The highest BCUT2D eigenvalue weighted by atomic mass is 32.2. The summed E-state index contributed by atoms with van der Waals surface area (Å²) < 4.78 is 36.1. The number of rotatable bonds is 7. The van der Waals surface area contributed by atoms with Crippen LogP contribution in [0.1, 0.15) is 16.7 Å². The largest absolute Gasteiger partial charge is 0.497 e. The summed E-state index contributed by atoms with van der Waals surface area (Å²) in [6.45, 7) is 3.76. The van der Waals surface area contributed by atoms with Crippen LogP contribution in [0.3, 0.4) is 0 Å². The number of carbonyl (C=O) groups excluding carboxylic acids is 1. The van der Waals surface area contributed by atoms with Crippen molar-refractivity contribution in [1.29, 1.82) is 5.26 Å². The van der Waals surface area contributed by atoms with Gasteiger partial charge in [0.05, 0.1) is 7.11 Å². The Morgan fingerprint density at radius 1 is 0.970 bits per heavy atom. The molecule has 0 aromatic heterocycles. The summed E-state index contributed by atoms with van der Waals surface area (Å²) in [5.74, 6) is -0.362. The van der Waals surface area contributed by atoms with Crippen LogP contribution in [-0.2, 0) is 14.9 Å². The Hall–Kier alpha value is -4.09. The van der Waals surface area contributed by atoms with Gasteiger partial charge in [0, 0.05) is 17.3 Å². The van der Waals surface area contributed by atoms with Crippen LogP contribution in [0, 0.1) is 25.2 Å². The quantitative estimate of drug-likeness (QED) is 0.312. The van der Waals surface area contributed by atoms with Crippen LogP contribution in [0.25, 0.3) is 6.08 Å². The van der Waals surface area contributed by atoms with E-state index in [1.165, 1.54) is 37.5 Å². The van der Waals surface area contributed by atoms with Crippen molar-refractivity contribution in [3.8, 4) is 17.6 Å². The minimum atomic E-state index is -4.16. The molecule has 1 N–H and O–H groups in total. The van der Waals surface area contributed by atoms with Crippen LogP contribution < -0.4 is 14.2 Å². The maximum atomic E-state index is 12.8. The number of aryl methyl sites for hydroxylation is 2. The van der Waals surface area contributed by atoms with E-state index in [4.69, 9.17) is 8.92 Å². The fraction of sp³-hybridized carbons (Fsp3) is 0.120. The minimum absolute atomic E-state index is 0.0246. The van der Waals surface area contributed by atoms with Gasteiger partial charge in [0.15, 0.2) is 5.75 Å². The summed E-state index contributed by atoms with van der Waals surface area (Å²) in [6.07, 6.45) is 1.27. The monoisotopic (exact) mass is 462 g/mol. The Labute approximate surface area is 193 Å². The van der Waals surface area contributed by atoms with E-state index in [2.05, 4.69) is 5.32 Å². The summed E-state index contributed by atoms with van der Waals surface area (Å²) in [6, 6.07) is 19.6. The number of nitrogens with zero attached hydrogens (tertiary/aromatic N) is 1. The number of ether oxygens (including phenoxy) is 1. The molecule has 1 amide bonds. The first-order valence-corrected chi connectivity index (χ1v) is 11.3. The fourth-order valence-corrected chi connectivity index (χ4v) is 3.79. The van der Waals surface area contributed by atoms with E-state index in [0.717, 1.165) is 11.1 Å². The highest BCUT2D eigenvalue weighted by Crippen LogP contribution is 2.30. The summed E-state index contributed by atoms with van der Waals surface area (Å²) in [5.41, 5.74) is 2.45. The van der Waals surface area contributed by atoms with Crippen LogP contribution in [0.4, 0.5) is 5.69 Å². The smallest absolute Gasteiger partial charge is 0.339 e. The summed E-state index contributed by atoms with van der Waals surface area (Å²) >= 11 is 0. The number of nitrogens with one attached hydrogen (secondary N) is 1. The Morgan fingerprint density at radius 2 is 1.58 bits per heavy atom. The number of amides is 1. The first-order chi connectivity index (χ1) is 15.7. The van der Waals surface area contributed by atoms with Crippen molar-refractivity contribution in [2.45, 2.75) is 18.7 Å². The molecule has 3 rings (SSSR count). The molecule has 3 aromatic carbocycles. The van der Waals surface area contributed by atoms with Crippen molar-refractivity contribution in [3.05, 3.63) is 89.0 Å². The zero-order valence-corrected chi connectivity index (χ0v) is 19.1. The van der Waals surface area contributed by atoms with Gasteiger partial charge in [-0.25, -0.2) is 0 Å². The molecule has 33 heavy (non-hydrogen) atoms. The van der Waals surface area contributed by atoms with E-state index in [0.29, 0.717) is 11.4 Å². The molecule has 0 fully saturated rings. The molecule has 0 aliphatic carbocycles. The average molecular weight is 463 g/mol. The number of hydrogen-bond donors (Lipinski definition) is 1. The first kappa shape index (κ1) is 23.6. The second-order valence-electron chi connectivity index (χ2n) is 7.24. The Balaban J connectivity index is 1.95. The molecule has 0 spiro atoms. The highest BCUT2D eigenvalue weighted by Gasteiger charge is 2.20. The van der Waals surface area contributed by atoms with Crippen molar-refractivity contribution in [2.24, 2.45) is 0 Å². The second-order valence-corrected chi connectivity index (χ2v) is 8.79. The van der Waals surface area contributed by atoms with E-state index in [1.54, 1.807) is 30.3 Å². The SMILES string of the molecule is COc1ccc(/C=C(\C#N)C(=O)Nc2ccc(C)cc2)c(OS(=O)(=O)c2ccc(C)cc2)c1. The highest BCUT2D eigenvalue weighted by molar-refractivity contribution is 7.87. The Kier molecular flexibility index (Phi) is 7.16. The average Bonchev–Trinajstić information content (AvgIpc) is 2.79. The lowest BCUT2D eigenvalue weighted by atomic mass is 10.1. The standard InChI is InChI=1S/C25H22N2O5S/c1-17-4-9-21(10-5-17)27-25(28)20(16-26)14-19-8-11-22(31-3)15-24(19)32-33(29,30)23-12-6-18(2)7-13-23/h4-15H,1-3H3,(H,27,28)/b20-14+. The second kappa shape index (κ2) is 10.0. The van der Waals surface area contributed by atoms with Gasteiger partial charge in [-0.1, -0.05) is 35.4 Å². The molecule has 0 atom stereocenters. The van der Waals surface area contributed by atoms with Crippen LogP contribution in [0.15, 0.2) is 77.2 Å². The fourth-order valence-electron chi connectivity index (χ4n) is 2.84. The van der Waals surface area contributed by atoms with Crippen LogP contribution >= 0.6 is 0 Å². The first-order valence-electron chi connectivity index (χ1n) is 9.91. The number of hydrogen-bond acceptors (Lipinski definition) is 6. The maximum Gasteiger partial charge on any atom is 0.339 e. The van der Waals surface area contributed by atoms with Crippen molar-refractivity contribution < 1.29 is 22.1 Å². The van der Waals surface area contributed by atoms with Gasteiger partial charge >= 0.3 is 10.1 Å². The lowest BCUT2D eigenvalue weighted by molar-refractivity contribution is -0.112.